The number of carbonyl (C=O) groups excluding carboxylic acids is 1. The fourth-order valence-corrected chi connectivity index (χ4v) is 3.99. The van der Waals surface area contributed by atoms with E-state index in [-0.39, 0.29) is 23.2 Å². The van der Waals surface area contributed by atoms with Gasteiger partial charge in [0.25, 0.3) is 5.91 Å². The first-order chi connectivity index (χ1) is 13.3. The smallest absolute Gasteiger partial charge is 0.268 e. The largest absolute Gasteiger partial charge is 0.347 e. The molecule has 0 saturated heterocycles. The van der Waals surface area contributed by atoms with Gasteiger partial charge in [-0.15, -0.1) is 0 Å². The van der Waals surface area contributed by atoms with Crippen LogP contribution in [-0.2, 0) is 23.1 Å². The van der Waals surface area contributed by atoms with E-state index in [0.29, 0.717) is 23.2 Å². The number of amides is 1. The normalized spacial score (nSPS) is 11.9. The van der Waals surface area contributed by atoms with Gasteiger partial charge in [0.2, 0.25) is 10.0 Å². The molecule has 1 heterocycles. The molecule has 148 valence electrons. The van der Waals surface area contributed by atoms with Crippen molar-refractivity contribution >= 4 is 26.8 Å². The zero-order valence-corrected chi connectivity index (χ0v) is 16.8. The van der Waals surface area contributed by atoms with Crippen molar-refractivity contribution in [3.05, 3.63) is 65.6 Å². The first-order valence-electron chi connectivity index (χ1n) is 8.83. The molecule has 1 aromatic heterocycles. The molecule has 0 aliphatic carbocycles. The minimum atomic E-state index is -3.57. The molecule has 0 fully saturated rings. The number of aromatic nitrogens is 1. The number of rotatable bonds is 6. The molecule has 6 nitrogen and oxygen atoms in total. The Balaban J connectivity index is 1.94. The summed E-state index contributed by atoms with van der Waals surface area (Å²) in [6.45, 7) is 2.50. The molecular formula is C20H22FN3O3S. The van der Waals surface area contributed by atoms with Gasteiger partial charge in [-0.2, -0.15) is 0 Å². The summed E-state index contributed by atoms with van der Waals surface area (Å²) in [6, 6.07) is 12.7. The minimum absolute atomic E-state index is 0.0665. The van der Waals surface area contributed by atoms with E-state index in [0.717, 1.165) is 9.82 Å². The van der Waals surface area contributed by atoms with Crippen LogP contribution >= 0.6 is 0 Å². The molecule has 0 atom stereocenters. The summed E-state index contributed by atoms with van der Waals surface area (Å²) in [5.74, 6) is -0.726. The van der Waals surface area contributed by atoms with Crippen LogP contribution in [0.15, 0.2) is 53.4 Å². The standard InChI is InChI=1S/C20H22FN3O3S/c1-4-24-18-10-9-16(28(26,27)23(2)3)11-15(18)12-19(24)20(25)22-13-14-7-5-6-8-17(14)21/h5-12H,4,13H2,1-3H3,(H,22,25). The second-order valence-electron chi connectivity index (χ2n) is 6.56. The highest BCUT2D eigenvalue weighted by Gasteiger charge is 2.20. The number of sulfonamides is 1. The van der Waals surface area contributed by atoms with Gasteiger partial charge in [0.05, 0.1) is 4.90 Å². The molecule has 8 heteroatoms. The molecule has 0 aliphatic heterocycles. The summed E-state index contributed by atoms with van der Waals surface area (Å²) in [5, 5.41) is 3.38. The van der Waals surface area contributed by atoms with Crippen LogP contribution in [0.25, 0.3) is 10.9 Å². The monoisotopic (exact) mass is 403 g/mol. The molecule has 1 N–H and O–H groups in total. The number of halogens is 1. The lowest BCUT2D eigenvalue weighted by Crippen LogP contribution is -2.25. The molecule has 0 bridgehead atoms. The summed E-state index contributed by atoms with van der Waals surface area (Å²) < 4.78 is 41.4. The van der Waals surface area contributed by atoms with Crippen LogP contribution < -0.4 is 5.32 Å². The highest BCUT2D eigenvalue weighted by molar-refractivity contribution is 7.89. The summed E-state index contributed by atoms with van der Waals surface area (Å²) in [5.41, 5.74) is 1.55. The van der Waals surface area contributed by atoms with Crippen LogP contribution in [0.3, 0.4) is 0 Å². The molecule has 3 rings (SSSR count). The van der Waals surface area contributed by atoms with E-state index in [1.807, 2.05) is 6.92 Å². The van der Waals surface area contributed by atoms with Gasteiger partial charge in [0, 0.05) is 43.7 Å². The zero-order valence-electron chi connectivity index (χ0n) is 15.9. The van der Waals surface area contributed by atoms with Crippen molar-refractivity contribution in [2.75, 3.05) is 14.1 Å². The molecule has 0 radical (unpaired) electrons. The third-order valence-corrected chi connectivity index (χ3v) is 6.41. The molecule has 0 spiro atoms. The van der Waals surface area contributed by atoms with Crippen LogP contribution in [0.5, 0.6) is 0 Å². The van der Waals surface area contributed by atoms with Crippen molar-refractivity contribution in [1.82, 2.24) is 14.2 Å². The van der Waals surface area contributed by atoms with Gasteiger partial charge in [-0.1, -0.05) is 18.2 Å². The number of hydrogen-bond donors (Lipinski definition) is 1. The van der Waals surface area contributed by atoms with E-state index < -0.39 is 10.0 Å². The van der Waals surface area contributed by atoms with E-state index in [9.17, 15) is 17.6 Å². The van der Waals surface area contributed by atoms with Gasteiger partial charge in [-0.05, 0) is 37.3 Å². The third-order valence-electron chi connectivity index (χ3n) is 4.60. The Bertz CT molecular complexity index is 1140. The minimum Gasteiger partial charge on any atom is -0.347 e. The van der Waals surface area contributed by atoms with Crippen LogP contribution in [0.2, 0.25) is 0 Å². The number of nitrogens with one attached hydrogen (secondary N) is 1. The van der Waals surface area contributed by atoms with Crippen LogP contribution in [0.4, 0.5) is 4.39 Å². The van der Waals surface area contributed by atoms with Crippen molar-refractivity contribution < 1.29 is 17.6 Å². The lowest BCUT2D eigenvalue weighted by atomic mass is 10.2. The molecule has 1 amide bonds. The highest BCUT2D eigenvalue weighted by Crippen LogP contribution is 2.25. The summed E-state index contributed by atoms with van der Waals surface area (Å²) in [7, 11) is -0.627. The van der Waals surface area contributed by atoms with Crippen molar-refractivity contribution in [3.63, 3.8) is 0 Å². The molecule has 0 saturated carbocycles. The number of carbonyl (C=O) groups is 1. The maximum atomic E-state index is 13.8. The van der Waals surface area contributed by atoms with Gasteiger partial charge in [0.15, 0.2) is 0 Å². The van der Waals surface area contributed by atoms with Gasteiger partial charge in [0.1, 0.15) is 11.5 Å². The number of aryl methyl sites for hydroxylation is 1. The zero-order chi connectivity index (χ0) is 20.5. The predicted molar refractivity (Wildman–Crippen MR) is 106 cm³/mol. The Hall–Kier alpha value is -2.71. The maximum absolute atomic E-state index is 13.8. The molecular weight excluding hydrogens is 381 g/mol. The first-order valence-corrected chi connectivity index (χ1v) is 10.3. The number of hydrogen-bond acceptors (Lipinski definition) is 3. The molecule has 28 heavy (non-hydrogen) atoms. The van der Waals surface area contributed by atoms with E-state index in [1.54, 1.807) is 41.0 Å². The van der Waals surface area contributed by atoms with Gasteiger partial charge >= 0.3 is 0 Å². The van der Waals surface area contributed by atoms with Gasteiger partial charge < -0.3 is 9.88 Å². The average molecular weight is 403 g/mol. The predicted octanol–water partition coefficient (Wildman–Crippen LogP) is 2.98. The van der Waals surface area contributed by atoms with Gasteiger partial charge in [-0.3, -0.25) is 4.79 Å². The van der Waals surface area contributed by atoms with Crippen molar-refractivity contribution in [2.45, 2.75) is 24.9 Å². The Kier molecular flexibility index (Phi) is 5.53. The van der Waals surface area contributed by atoms with Crippen LogP contribution in [0, 0.1) is 5.82 Å². The molecule has 2 aromatic carbocycles. The van der Waals surface area contributed by atoms with E-state index in [1.165, 1.54) is 26.2 Å². The lowest BCUT2D eigenvalue weighted by molar-refractivity contribution is 0.0942. The quantitative estimate of drug-likeness (QED) is 0.688. The Morgan fingerprint density at radius 2 is 1.86 bits per heavy atom. The lowest BCUT2D eigenvalue weighted by Gasteiger charge is -2.12. The summed E-state index contributed by atoms with van der Waals surface area (Å²) in [6.07, 6.45) is 0. The fourth-order valence-electron chi connectivity index (χ4n) is 3.06. The Morgan fingerprint density at radius 3 is 2.50 bits per heavy atom. The van der Waals surface area contributed by atoms with E-state index in [4.69, 9.17) is 0 Å². The molecule has 0 unspecified atom stereocenters. The molecule has 0 aliphatic rings. The van der Waals surface area contributed by atoms with Crippen LogP contribution in [-0.4, -0.2) is 37.3 Å². The average Bonchev–Trinajstić information content (AvgIpc) is 3.04. The van der Waals surface area contributed by atoms with Crippen molar-refractivity contribution in [1.29, 1.82) is 0 Å². The summed E-state index contributed by atoms with van der Waals surface area (Å²) >= 11 is 0. The van der Waals surface area contributed by atoms with Crippen molar-refractivity contribution in [2.24, 2.45) is 0 Å². The van der Waals surface area contributed by atoms with E-state index >= 15 is 0 Å². The fraction of sp³-hybridized carbons (Fsp3) is 0.250. The second-order valence-corrected chi connectivity index (χ2v) is 8.71. The number of fused-ring (bicyclic) bond motifs is 1. The van der Waals surface area contributed by atoms with Crippen LogP contribution in [0.1, 0.15) is 23.0 Å². The Morgan fingerprint density at radius 1 is 1.14 bits per heavy atom. The Labute approximate surface area is 163 Å². The second kappa shape index (κ2) is 7.73. The van der Waals surface area contributed by atoms with Gasteiger partial charge in [-0.25, -0.2) is 17.1 Å². The number of nitrogens with zero attached hydrogens (tertiary/aromatic N) is 2. The van der Waals surface area contributed by atoms with Crippen molar-refractivity contribution in [3.8, 4) is 0 Å². The topological polar surface area (TPSA) is 71.4 Å². The SMILES string of the molecule is CCn1c(C(=O)NCc2ccccc2F)cc2cc(S(=O)(=O)N(C)C)ccc21. The summed E-state index contributed by atoms with van der Waals surface area (Å²) in [4.78, 5) is 12.9. The maximum Gasteiger partial charge on any atom is 0.268 e. The first kappa shape index (κ1) is 20.0. The van der Waals surface area contributed by atoms with E-state index in [2.05, 4.69) is 5.32 Å². The molecule has 3 aromatic rings. The highest BCUT2D eigenvalue weighted by atomic mass is 32.2. The number of benzene rings is 2. The third kappa shape index (κ3) is 3.65.